The summed E-state index contributed by atoms with van der Waals surface area (Å²) in [5.41, 5.74) is 1.48. The van der Waals surface area contributed by atoms with Gasteiger partial charge in [0.2, 0.25) is 0 Å². The molecule has 1 aliphatic rings. The van der Waals surface area contributed by atoms with Gasteiger partial charge in [-0.05, 0) is 39.8 Å². The zero-order chi connectivity index (χ0) is 16.1. The van der Waals surface area contributed by atoms with Gasteiger partial charge in [0.1, 0.15) is 5.75 Å². The maximum absolute atomic E-state index is 6.19. The number of fused-ring (bicyclic) bond motifs is 1. The first kappa shape index (κ1) is 16.5. The van der Waals surface area contributed by atoms with Crippen molar-refractivity contribution in [2.24, 2.45) is 0 Å². The first-order valence-electron chi connectivity index (χ1n) is 7.13. The van der Waals surface area contributed by atoms with Crippen LogP contribution >= 0.6 is 30.3 Å². The third kappa shape index (κ3) is 2.55. The molecule has 0 amide bonds. The molecule has 22 heavy (non-hydrogen) atoms. The van der Waals surface area contributed by atoms with E-state index in [2.05, 4.69) is 65.1 Å². The monoisotopic (exact) mass is 431 g/mol. The summed E-state index contributed by atoms with van der Waals surface area (Å²) in [6.45, 7) is 8.29. The minimum absolute atomic E-state index is 0.337. The van der Waals surface area contributed by atoms with Crippen LogP contribution in [0.1, 0.15) is 27.7 Å². The summed E-state index contributed by atoms with van der Waals surface area (Å²) >= 11 is 2.27. The minimum Gasteiger partial charge on any atom is -0.497 e. The van der Waals surface area contributed by atoms with Crippen molar-refractivity contribution in [3.63, 3.8) is 0 Å². The number of benzene rings is 1. The van der Waals surface area contributed by atoms with Crippen molar-refractivity contribution in [1.82, 2.24) is 3.97 Å². The van der Waals surface area contributed by atoms with E-state index in [4.69, 9.17) is 14.0 Å². The fourth-order valence-electron chi connectivity index (χ4n) is 2.55. The van der Waals surface area contributed by atoms with E-state index in [1.807, 2.05) is 12.1 Å². The Morgan fingerprint density at radius 2 is 1.82 bits per heavy atom. The number of hydrogen-bond donors (Lipinski definition) is 0. The van der Waals surface area contributed by atoms with Gasteiger partial charge in [0, 0.05) is 53.4 Å². The van der Waals surface area contributed by atoms with Crippen LogP contribution in [0.4, 0.5) is 0 Å². The molecule has 1 fully saturated rings. The summed E-state index contributed by atoms with van der Waals surface area (Å²) in [7, 11) is 2.94. The molecule has 2 aromatic rings. The summed E-state index contributed by atoms with van der Waals surface area (Å²) in [4.78, 5) is 0. The van der Waals surface area contributed by atoms with Gasteiger partial charge in [-0.2, -0.15) is 0 Å². The third-order valence-electron chi connectivity index (χ3n) is 4.59. The number of halogens is 1. The molecule has 0 aliphatic carbocycles. The Morgan fingerprint density at radius 1 is 1.18 bits per heavy atom. The summed E-state index contributed by atoms with van der Waals surface area (Å²) in [6.07, 6.45) is 2.09. The lowest BCUT2D eigenvalue weighted by atomic mass is 9.79. The standard InChI is InChI=1S/C15H19BINO3S/c1-14(2)15(3,4)21-16(20-14)12-9-18(22-17)13-8-10(19-5)6-7-11(12)13/h6-9H,1-5H3. The van der Waals surface area contributed by atoms with Crippen LogP contribution in [-0.2, 0) is 9.31 Å². The van der Waals surface area contributed by atoms with Gasteiger partial charge in [-0.3, -0.25) is 3.97 Å². The van der Waals surface area contributed by atoms with Crippen LogP contribution < -0.4 is 10.2 Å². The highest BCUT2D eigenvalue weighted by Crippen LogP contribution is 2.38. The van der Waals surface area contributed by atoms with Crippen molar-refractivity contribution < 1.29 is 14.0 Å². The molecular weight excluding hydrogens is 412 g/mol. The van der Waals surface area contributed by atoms with Crippen LogP contribution in [0.3, 0.4) is 0 Å². The van der Waals surface area contributed by atoms with Gasteiger partial charge < -0.3 is 14.0 Å². The lowest BCUT2D eigenvalue weighted by molar-refractivity contribution is 0.00578. The summed E-state index contributed by atoms with van der Waals surface area (Å²) in [5, 5.41) is 1.13. The Hall–Kier alpha value is -0.375. The lowest BCUT2D eigenvalue weighted by Crippen LogP contribution is -2.41. The highest BCUT2D eigenvalue weighted by atomic mass is 127. The normalized spacial score (nSPS) is 19.8. The van der Waals surface area contributed by atoms with E-state index in [1.165, 1.54) is 0 Å². The highest BCUT2D eigenvalue weighted by molar-refractivity contribution is 14.2. The molecule has 0 N–H and O–H groups in total. The van der Waals surface area contributed by atoms with Gasteiger partial charge in [0.05, 0.1) is 23.8 Å². The first-order chi connectivity index (χ1) is 10.3. The van der Waals surface area contributed by atoms with Crippen molar-refractivity contribution in [3.05, 3.63) is 24.4 Å². The van der Waals surface area contributed by atoms with E-state index in [1.54, 1.807) is 16.2 Å². The second-order valence-electron chi connectivity index (χ2n) is 6.45. The Bertz CT molecular complexity index is 700. The molecule has 1 saturated heterocycles. The van der Waals surface area contributed by atoms with Gasteiger partial charge >= 0.3 is 7.12 Å². The molecule has 0 atom stereocenters. The van der Waals surface area contributed by atoms with Crippen molar-refractivity contribution in [2.75, 3.05) is 7.11 Å². The number of methoxy groups -OCH3 is 1. The zero-order valence-electron chi connectivity index (χ0n) is 13.3. The van der Waals surface area contributed by atoms with Gasteiger partial charge in [-0.15, -0.1) is 0 Å². The van der Waals surface area contributed by atoms with Crippen LogP contribution in [0.15, 0.2) is 24.4 Å². The van der Waals surface area contributed by atoms with Crippen molar-refractivity contribution >= 4 is 53.8 Å². The second-order valence-corrected chi connectivity index (χ2v) is 8.16. The molecule has 0 bridgehead atoms. The molecule has 0 spiro atoms. The molecule has 7 heteroatoms. The van der Waals surface area contributed by atoms with Gasteiger partial charge in [-0.1, -0.05) is 0 Å². The number of hydrogen-bond acceptors (Lipinski definition) is 4. The zero-order valence-corrected chi connectivity index (χ0v) is 16.3. The fourth-order valence-corrected chi connectivity index (χ4v) is 3.90. The largest absolute Gasteiger partial charge is 0.497 e. The lowest BCUT2D eigenvalue weighted by Gasteiger charge is -2.32. The number of ether oxygens (including phenoxy) is 1. The molecule has 0 radical (unpaired) electrons. The summed E-state index contributed by atoms with van der Waals surface area (Å²) in [6, 6.07) is 6.08. The predicted molar refractivity (Wildman–Crippen MR) is 101 cm³/mol. The first-order valence-corrected chi connectivity index (χ1v) is 10.4. The van der Waals surface area contributed by atoms with E-state index >= 15 is 0 Å². The quantitative estimate of drug-likeness (QED) is 0.547. The van der Waals surface area contributed by atoms with Crippen LogP contribution in [-0.4, -0.2) is 29.4 Å². The van der Waals surface area contributed by atoms with Crippen LogP contribution in [0.2, 0.25) is 0 Å². The van der Waals surface area contributed by atoms with Crippen LogP contribution in [0.25, 0.3) is 10.9 Å². The van der Waals surface area contributed by atoms with Crippen LogP contribution in [0, 0.1) is 0 Å². The Morgan fingerprint density at radius 3 is 2.36 bits per heavy atom. The minimum atomic E-state index is -0.356. The van der Waals surface area contributed by atoms with Crippen molar-refractivity contribution in [2.45, 2.75) is 38.9 Å². The van der Waals surface area contributed by atoms with E-state index in [-0.39, 0.29) is 18.3 Å². The maximum Gasteiger partial charge on any atom is 0.497 e. The smallest absolute Gasteiger partial charge is 0.497 e. The average Bonchev–Trinajstić information content (AvgIpc) is 2.92. The molecule has 4 nitrogen and oxygen atoms in total. The average molecular weight is 431 g/mol. The summed E-state index contributed by atoms with van der Waals surface area (Å²) < 4.78 is 19.8. The highest BCUT2D eigenvalue weighted by Gasteiger charge is 2.52. The number of rotatable bonds is 3. The second kappa shape index (κ2) is 5.61. The topological polar surface area (TPSA) is 32.6 Å². The Balaban J connectivity index is 2.09. The Kier molecular flexibility index (Phi) is 4.20. The van der Waals surface area contributed by atoms with Gasteiger partial charge in [0.25, 0.3) is 0 Å². The molecule has 2 heterocycles. The number of aromatic nitrogens is 1. The van der Waals surface area contributed by atoms with E-state index in [0.717, 1.165) is 22.1 Å². The number of nitrogens with zero attached hydrogens (tertiary/aromatic N) is 1. The molecule has 1 aromatic carbocycles. The van der Waals surface area contributed by atoms with E-state index < -0.39 is 0 Å². The van der Waals surface area contributed by atoms with E-state index in [9.17, 15) is 0 Å². The predicted octanol–water partition coefficient (Wildman–Crippen LogP) is 3.80. The van der Waals surface area contributed by atoms with Crippen molar-refractivity contribution in [1.29, 1.82) is 0 Å². The molecule has 0 saturated carbocycles. The summed E-state index contributed by atoms with van der Waals surface area (Å²) in [5.74, 6) is 0.845. The van der Waals surface area contributed by atoms with Crippen molar-refractivity contribution in [3.8, 4) is 5.75 Å². The molecule has 3 rings (SSSR count). The van der Waals surface area contributed by atoms with Gasteiger partial charge in [-0.25, -0.2) is 0 Å². The third-order valence-corrected chi connectivity index (χ3v) is 6.32. The maximum atomic E-state index is 6.19. The SMILES string of the molecule is COc1ccc2c(B3OC(C)(C)C(C)(C)O3)cn(SI)c2c1. The fraction of sp³-hybridized carbons (Fsp3) is 0.467. The molecule has 1 aliphatic heterocycles. The molecular formula is C15H19BINO3S. The van der Waals surface area contributed by atoms with Crippen LogP contribution in [0.5, 0.6) is 5.75 Å². The molecule has 1 aromatic heterocycles. The Labute approximate surface area is 147 Å². The van der Waals surface area contributed by atoms with E-state index in [0.29, 0.717) is 0 Å². The molecule has 118 valence electrons. The van der Waals surface area contributed by atoms with Gasteiger partial charge in [0.15, 0.2) is 0 Å². The molecule has 0 unspecified atom stereocenters.